The number of halogens is 1. The zero-order chi connectivity index (χ0) is 14.7. The van der Waals surface area contributed by atoms with E-state index in [-0.39, 0.29) is 12.5 Å². The van der Waals surface area contributed by atoms with Crippen LogP contribution in [0.1, 0.15) is 5.56 Å². The third-order valence-corrected chi connectivity index (χ3v) is 3.82. The van der Waals surface area contributed by atoms with Crippen molar-refractivity contribution in [3.05, 3.63) is 54.1 Å². The monoisotopic (exact) mass is 347 g/mol. The van der Waals surface area contributed by atoms with Gasteiger partial charge in [0, 0.05) is 11.0 Å². The lowest BCUT2D eigenvalue weighted by Gasteiger charge is -2.25. The Balaban J connectivity index is 1.66. The van der Waals surface area contributed by atoms with Crippen molar-refractivity contribution in [2.75, 3.05) is 11.9 Å². The number of carbonyl (C=O) groups excluding carboxylic acids is 1. The lowest BCUT2D eigenvalue weighted by Crippen LogP contribution is -2.40. The van der Waals surface area contributed by atoms with Crippen LogP contribution in [0.5, 0.6) is 11.5 Å². The standard InChI is InChI=1S/C16H14BrNO3/c17-9-11-5-7-12(8-6-11)18-16(19)15-10-20-13-3-1-2-4-14(13)21-15/h1-8,15H,9-10H2,(H,18,19). The van der Waals surface area contributed by atoms with Gasteiger partial charge in [0.25, 0.3) is 5.91 Å². The molecule has 0 saturated carbocycles. The van der Waals surface area contributed by atoms with Gasteiger partial charge in [-0.15, -0.1) is 0 Å². The number of alkyl halides is 1. The van der Waals surface area contributed by atoms with E-state index < -0.39 is 6.10 Å². The van der Waals surface area contributed by atoms with Crippen LogP contribution in [0, 0.1) is 0 Å². The predicted molar refractivity (Wildman–Crippen MR) is 84.1 cm³/mol. The molecule has 2 aromatic carbocycles. The zero-order valence-corrected chi connectivity index (χ0v) is 12.8. The molecule has 1 N–H and O–H groups in total. The number of amides is 1. The molecule has 0 saturated heterocycles. The molecule has 0 fully saturated rings. The summed E-state index contributed by atoms with van der Waals surface area (Å²) in [6.07, 6.45) is -0.643. The van der Waals surface area contributed by atoms with Crippen LogP contribution in [-0.2, 0) is 10.1 Å². The van der Waals surface area contributed by atoms with Crippen molar-refractivity contribution in [3.63, 3.8) is 0 Å². The molecule has 1 aliphatic heterocycles. The Bertz CT molecular complexity index is 642. The topological polar surface area (TPSA) is 47.6 Å². The zero-order valence-electron chi connectivity index (χ0n) is 11.2. The van der Waals surface area contributed by atoms with Crippen LogP contribution >= 0.6 is 15.9 Å². The average molecular weight is 348 g/mol. The molecule has 0 bridgehead atoms. The van der Waals surface area contributed by atoms with Gasteiger partial charge in [0.2, 0.25) is 6.10 Å². The maximum atomic E-state index is 12.2. The van der Waals surface area contributed by atoms with Gasteiger partial charge in [-0.1, -0.05) is 40.2 Å². The van der Waals surface area contributed by atoms with Crippen molar-refractivity contribution in [2.24, 2.45) is 0 Å². The minimum absolute atomic E-state index is 0.211. The van der Waals surface area contributed by atoms with Gasteiger partial charge >= 0.3 is 0 Å². The van der Waals surface area contributed by atoms with Crippen LogP contribution in [0.15, 0.2) is 48.5 Å². The maximum Gasteiger partial charge on any atom is 0.269 e. The Labute approximate surface area is 131 Å². The lowest BCUT2D eigenvalue weighted by molar-refractivity contribution is -0.125. The molecule has 0 radical (unpaired) electrons. The van der Waals surface area contributed by atoms with E-state index in [1.54, 1.807) is 6.07 Å². The van der Waals surface area contributed by atoms with Crippen molar-refractivity contribution < 1.29 is 14.3 Å². The van der Waals surface area contributed by atoms with E-state index in [9.17, 15) is 4.79 Å². The first-order chi connectivity index (χ1) is 10.3. The van der Waals surface area contributed by atoms with Gasteiger partial charge in [0.15, 0.2) is 11.5 Å². The summed E-state index contributed by atoms with van der Waals surface area (Å²) in [5.41, 5.74) is 1.89. The van der Waals surface area contributed by atoms with Crippen molar-refractivity contribution in [1.82, 2.24) is 0 Å². The number of carbonyl (C=O) groups is 1. The Morgan fingerprint density at radius 1 is 1.14 bits per heavy atom. The molecule has 1 heterocycles. The Morgan fingerprint density at radius 3 is 2.57 bits per heavy atom. The quantitative estimate of drug-likeness (QED) is 0.866. The molecule has 0 aliphatic carbocycles. The molecular weight excluding hydrogens is 334 g/mol. The number of hydrogen-bond donors (Lipinski definition) is 1. The van der Waals surface area contributed by atoms with Crippen LogP contribution in [0.3, 0.4) is 0 Å². The molecule has 0 aromatic heterocycles. The van der Waals surface area contributed by atoms with Crippen molar-refractivity contribution >= 4 is 27.5 Å². The van der Waals surface area contributed by atoms with E-state index in [2.05, 4.69) is 21.2 Å². The fourth-order valence-corrected chi connectivity index (χ4v) is 2.42. The number of nitrogens with one attached hydrogen (secondary N) is 1. The first kappa shape index (κ1) is 13.9. The molecule has 0 spiro atoms. The Morgan fingerprint density at radius 2 is 1.86 bits per heavy atom. The van der Waals surface area contributed by atoms with Gasteiger partial charge in [-0.2, -0.15) is 0 Å². The molecule has 21 heavy (non-hydrogen) atoms. The van der Waals surface area contributed by atoms with Crippen LogP contribution in [0.4, 0.5) is 5.69 Å². The number of fused-ring (bicyclic) bond motifs is 1. The number of rotatable bonds is 3. The summed E-state index contributed by atoms with van der Waals surface area (Å²) < 4.78 is 11.2. The molecule has 108 valence electrons. The van der Waals surface area contributed by atoms with Gasteiger partial charge in [0.1, 0.15) is 6.61 Å². The van der Waals surface area contributed by atoms with E-state index in [1.165, 1.54) is 0 Å². The highest BCUT2D eigenvalue weighted by atomic mass is 79.9. The molecular formula is C16H14BrNO3. The second-order valence-electron chi connectivity index (χ2n) is 4.68. The summed E-state index contributed by atoms with van der Waals surface area (Å²) in [5.74, 6) is 1.05. The number of anilines is 1. The first-order valence-electron chi connectivity index (χ1n) is 6.60. The smallest absolute Gasteiger partial charge is 0.269 e. The highest BCUT2D eigenvalue weighted by molar-refractivity contribution is 9.08. The van der Waals surface area contributed by atoms with E-state index >= 15 is 0 Å². The van der Waals surface area contributed by atoms with Crippen LogP contribution in [-0.4, -0.2) is 18.6 Å². The molecule has 1 unspecified atom stereocenters. The highest BCUT2D eigenvalue weighted by Crippen LogP contribution is 2.31. The largest absolute Gasteiger partial charge is 0.485 e. The predicted octanol–water partition coefficient (Wildman–Crippen LogP) is 3.36. The van der Waals surface area contributed by atoms with Gasteiger partial charge < -0.3 is 14.8 Å². The summed E-state index contributed by atoms with van der Waals surface area (Å²) in [6, 6.07) is 15.0. The SMILES string of the molecule is O=C(Nc1ccc(CBr)cc1)C1COc2ccccc2O1. The lowest BCUT2D eigenvalue weighted by atomic mass is 10.2. The van der Waals surface area contributed by atoms with Crippen LogP contribution in [0.25, 0.3) is 0 Å². The fourth-order valence-electron chi connectivity index (χ4n) is 2.05. The first-order valence-corrected chi connectivity index (χ1v) is 7.72. The van der Waals surface area contributed by atoms with Crippen molar-refractivity contribution in [1.29, 1.82) is 0 Å². The number of hydrogen-bond acceptors (Lipinski definition) is 3. The Kier molecular flexibility index (Phi) is 4.10. The van der Waals surface area contributed by atoms with E-state index in [0.717, 1.165) is 16.6 Å². The third kappa shape index (κ3) is 3.19. The normalized spacial score (nSPS) is 16.3. The third-order valence-electron chi connectivity index (χ3n) is 3.18. The summed E-state index contributed by atoms with van der Waals surface area (Å²) in [7, 11) is 0. The van der Waals surface area contributed by atoms with Crippen LogP contribution in [0.2, 0.25) is 0 Å². The Hall–Kier alpha value is -2.01. The van der Waals surface area contributed by atoms with Gasteiger partial charge in [-0.05, 0) is 29.8 Å². The summed E-state index contributed by atoms with van der Waals surface area (Å²) >= 11 is 3.39. The molecule has 5 heteroatoms. The molecule has 1 amide bonds. The molecule has 1 aliphatic rings. The highest BCUT2D eigenvalue weighted by Gasteiger charge is 2.27. The van der Waals surface area contributed by atoms with Crippen LogP contribution < -0.4 is 14.8 Å². The number of para-hydroxylation sites is 2. The van der Waals surface area contributed by atoms with Gasteiger partial charge in [0.05, 0.1) is 0 Å². The number of ether oxygens (including phenoxy) is 2. The molecule has 1 atom stereocenters. The molecule has 3 rings (SSSR count). The van der Waals surface area contributed by atoms with E-state index in [4.69, 9.17) is 9.47 Å². The molecule has 4 nitrogen and oxygen atoms in total. The second-order valence-corrected chi connectivity index (χ2v) is 5.24. The second kappa shape index (κ2) is 6.18. The minimum atomic E-state index is -0.643. The van der Waals surface area contributed by atoms with Crippen molar-refractivity contribution in [2.45, 2.75) is 11.4 Å². The fraction of sp³-hybridized carbons (Fsp3) is 0.188. The maximum absolute atomic E-state index is 12.2. The van der Waals surface area contributed by atoms with E-state index in [1.807, 2.05) is 42.5 Å². The number of benzene rings is 2. The van der Waals surface area contributed by atoms with Gasteiger partial charge in [-0.3, -0.25) is 4.79 Å². The van der Waals surface area contributed by atoms with Gasteiger partial charge in [-0.25, -0.2) is 0 Å². The summed E-state index contributed by atoms with van der Waals surface area (Å²) in [6.45, 7) is 0.211. The molecule has 2 aromatic rings. The summed E-state index contributed by atoms with van der Waals surface area (Å²) in [4.78, 5) is 12.2. The average Bonchev–Trinajstić information content (AvgIpc) is 2.55. The van der Waals surface area contributed by atoms with Crippen molar-refractivity contribution in [3.8, 4) is 11.5 Å². The minimum Gasteiger partial charge on any atom is -0.485 e. The summed E-state index contributed by atoms with van der Waals surface area (Å²) in [5, 5.41) is 3.62. The van der Waals surface area contributed by atoms with E-state index in [0.29, 0.717) is 11.5 Å².